The number of nitrogens with one attached hydrogen (secondary N) is 2. The van der Waals surface area contributed by atoms with E-state index in [4.69, 9.17) is 4.74 Å². The fourth-order valence-corrected chi connectivity index (χ4v) is 2.12. The lowest BCUT2D eigenvalue weighted by molar-refractivity contribution is 0.0636. The molecule has 0 saturated heterocycles. The van der Waals surface area contributed by atoms with Crippen LogP contribution in [0.15, 0.2) is 42.7 Å². The van der Waals surface area contributed by atoms with Gasteiger partial charge in [0.05, 0.1) is 0 Å². The van der Waals surface area contributed by atoms with E-state index in [0.29, 0.717) is 5.69 Å². The molecule has 23 heavy (non-hydrogen) atoms. The number of hydrogen-bond acceptors (Lipinski definition) is 3. The van der Waals surface area contributed by atoms with E-state index in [1.54, 1.807) is 0 Å². The predicted molar refractivity (Wildman–Crippen MR) is 93.7 cm³/mol. The molecule has 5 nitrogen and oxygen atoms in total. The topological polar surface area (TPSA) is 55.3 Å². The van der Waals surface area contributed by atoms with Crippen molar-refractivity contribution < 1.29 is 9.53 Å². The van der Waals surface area contributed by atoms with E-state index in [1.807, 2.05) is 45.0 Å². The third-order valence-electron chi connectivity index (χ3n) is 3.18. The predicted octanol–water partition coefficient (Wildman–Crippen LogP) is 4.47. The van der Waals surface area contributed by atoms with Crippen LogP contribution < -0.4 is 10.6 Å². The molecule has 1 heterocycles. The minimum absolute atomic E-state index is 0.449. The molecule has 1 aromatic heterocycles. The van der Waals surface area contributed by atoms with E-state index >= 15 is 0 Å². The Labute approximate surface area is 137 Å². The Hall–Kier alpha value is -2.43. The summed E-state index contributed by atoms with van der Waals surface area (Å²) in [6.45, 7) is 9.34. The van der Waals surface area contributed by atoms with Crippen LogP contribution in [0.4, 0.5) is 16.2 Å². The van der Waals surface area contributed by atoms with Crippen LogP contribution >= 0.6 is 0 Å². The maximum Gasteiger partial charge on any atom is 0.412 e. The smallest absolute Gasteiger partial charge is 0.412 e. The van der Waals surface area contributed by atoms with Gasteiger partial charge in [-0.3, -0.25) is 5.32 Å². The molecule has 0 radical (unpaired) electrons. The molecule has 0 aliphatic rings. The highest BCUT2D eigenvalue weighted by Gasteiger charge is 2.16. The van der Waals surface area contributed by atoms with Gasteiger partial charge in [-0.05, 0) is 57.5 Å². The van der Waals surface area contributed by atoms with E-state index in [-0.39, 0.29) is 0 Å². The van der Waals surface area contributed by atoms with Gasteiger partial charge in [0.15, 0.2) is 0 Å². The van der Waals surface area contributed by atoms with Crippen LogP contribution in [0.2, 0.25) is 0 Å². The summed E-state index contributed by atoms with van der Waals surface area (Å²) in [6.07, 6.45) is 3.74. The number of aromatic nitrogens is 1. The van der Waals surface area contributed by atoms with Crippen molar-refractivity contribution in [2.24, 2.45) is 0 Å². The first-order chi connectivity index (χ1) is 10.9. The summed E-state index contributed by atoms with van der Waals surface area (Å²) in [5.74, 6) is 0. The lowest BCUT2D eigenvalue weighted by Gasteiger charge is -2.19. The number of anilines is 2. The lowest BCUT2D eigenvalue weighted by atomic mass is 10.2. The van der Waals surface area contributed by atoms with Gasteiger partial charge in [0.2, 0.25) is 0 Å². The molecule has 0 bridgehead atoms. The van der Waals surface area contributed by atoms with E-state index in [0.717, 1.165) is 18.8 Å². The third kappa shape index (κ3) is 5.70. The highest BCUT2D eigenvalue weighted by Crippen LogP contribution is 2.17. The number of carbonyl (C=O) groups is 1. The zero-order valence-electron chi connectivity index (χ0n) is 14.2. The maximum atomic E-state index is 11.8. The summed E-state index contributed by atoms with van der Waals surface area (Å²) in [7, 11) is 0. The Balaban J connectivity index is 1.92. The number of benzene rings is 1. The molecule has 5 heteroatoms. The average Bonchev–Trinajstić information content (AvgIpc) is 2.91. The third-order valence-corrected chi connectivity index (χ3v) is 3.18. The summed E-state index contributed by atoms with van der Waals surface area (Å²) in [4.78, 5) is 11.8. The Bertz CT molecular complexity index is 656. The van der Waals surface area contributed by atoms with E-state index in [2.05, 4.69) is 40.6 Å². The molecular weight excluding hydrogens is 290 g/mol. The number of amides is 1. The van der Waals surface area contributed by atoms with Crippen molar-refractivity contribution in [1.82, 2.24) is 4.57 Å². The molecule has 0 fully saturated rings. The maximum absolute atomic E-state index is 11.8. The molecule has 124 valence electrons. The summed E-state index contributed by atoms with van der Waals surface area (Å²) in [6, 6.07) is 9.69. The first kappa shape index (κ1) is 16.9. The van der Waals surface area contributed by atoms with Crippen molar-refractivity contribution in [2.75, 3.05) is 10.6 Å². The SMILES string of the molecule is CCn1ccc(CNc2cccc(NC(=O)OC(C)(C)C)c2)c1. The van der Waals surface area contributed by atoms with Crippen LogP contribution in [0.25, 0.3) is 0 Å². The number of nitrogens with zero attached hydrogens (tertiary/aromatic N) is 1. The molecule has 0 aliphatic heterocycles. The van der Waals surface area contributed by atoms with Crippen LogP contribution in [-0.4, -0.2) is 16.3 Å². The largest absolute Gasteiger partial charge is 0.444 e. The van der Waals surface area contributed by atoms with Crippen molar-refractivity contribution in [1.29, 1.82) is 0 Å². The molecular formula is C18H25N3O2. The van der Waals surface area contributed by atoms with E-state index in [1.165, 1.54) is 5.56 Å². The van der Waals surface area contributed by atoms with E-state index in [9.17, 15) is 4.79 Å². The summed E-state index contributed by atoms with van der Waals surface area (Å²) >= 11 is 0. The Kier molecular flexibility index (Phi) is 5.32. The number of carbonyl (C=O) groups excluding carboxylic acids is 1. The number of rotatable bonds is 5. The molecule has 2 rings (SSSR count). The Morgan fingerprint density at radius 3 is 2.61 bits per heavy atom. The molecule has 0 unspecified atom stereocenters. The minimum Gasteiger partial charge on any atom is -0.444 e. The highest BCUT2D eigenvalue weighted by atomic mass is 16.6. The van der Waals surface area contributed by atoms with Gasteiger partial charge in [0, 0.05) is 36.9 Å². The number of hydrogen-bond donors (Lipinski definition) is 2. The molecule has 2 aromatic rings. The Morgan fingerprint density at radius 2 is 1.96 bits per heavy atom. The van der Waals surface area contributed by atoms with Crippen LogP contribution in [0.3, 0.4) is 0 Å². The van der Waals surface area contributed by atoms with Crippen molar-refractivity contribution in [3.63, 3.8) is 0 Å². The van der Waals surface area contributed by atoms with E-state index < -0.39 is 11.7 Å². The monoisotopic (exact) mass is 315 g/mol. The molecule has 0 aliphatic carbocycles. The second-order valence-electron chi connectivity index (χ2n) is 6.41. The summed E-state index contributed by atoms with van der Waals surface area (Å²) in [5, 5.41) is 6.10. The molecule has 0 spiro atoms. The second kappa shape index (κ2) is 7.22. The van der Waals surface area contributed by atoms with Gasteiger partial charge in [-0.1, -0.05) is 6.07 Å². The fourth-order valence-electron chi connectivity index (χ4n) is 2.12. The van der Waals surface area contributed by atoms with Crippen molar-refractivity contribution in [2.45, 2.75) is 46.4 Å². The molecule has 1 amide bonds. The zero-order chi connectivity index (χ0) is 16.9. The number of aryl methyl sites for hydroxylation is 1. The zero-order valence-corrected chi connectivity index (χ0v) is 14.2. The van der Waals surface area contributed by atoms with Gasteiger partial charge in [0.1, 0.15) is 5.60 Å². The van der Waals surface area contributed by atoms with Gasteiger partial charge in [-0.15, -0.1) is 0 Å². The van der Waals surface area contributed by atoms with Crippen LogP contribution in [0, 0.1) is 0 Å². The standard InChI is InChI=1S/C18H25N3O2/c1-5-21-10-9-14(13-21)12-19-15-7-6-8-16(11-15)20-17(22)23-18(2,3)4/h6-11,13,19H,5,12H2,1-4H3,(H,20,22). The van der Waals surface area contributed by atoms with Gasteiger partial charge >= 0.3 is 6.09 Å². The minimum atomic E-state index is -0.508. The molecule has 1 aromatic carbocycles. The van der Waals surface area contributed by atoms with Gasteiger partial charge < -0.3 is 14.6 Å². The molecule has 0 atom stereocenters. The highest BCUT2D eigenvalue weighted by molar-refractivity contribution is 5.85. The summed E-state index contributed by atoms with van der Waals surface area (Å²) in [5.41, 5.74) is 2.36. The van der Waals surface area contributed by atoms with Crippen LogP contribution in [0.1, 0.15) is 33.3 Å². The second-order valence-corrected chi connectivity index (χ2v) is 6.41. The average molecular weight is 315 g/mol. The van der Waals surface area contributed by atoms with Crippen LogP contribution in [0.5, 0.6) is 0 Å². The molecule has 0 saturated carbocycles. The molecule has 2 N–H and O–H groups in total. The van der Waals surface area contributed by atoms with Crippen molar-refractivity contribution in [3.05, 3.63) is 48.3 Å². The number of ether oxygens (including phenoxy) is 1. The quantitative estimate of drug-likeness (QED) is 0.856. The first-order valence-corrected chi connectivity index (χ1v) is 7.84. The van der Waals surface area contributed by atoms with Crippen molar-refractivity contribution >= 4 is 17.5 Å². The fraction of sp³-hybridized carbons (Fsp3) is 0.389. The van der Waals surface area contributed by atoms with Gasteiger partial charge in [-0.2, -0.15) is 0 Å². The first-order valence-electron chi connectivity index (χ1n) is 7.84. The van der Waals surface area contributed by atoms with Gasteiger partial charge in [0.25, 0.3) is 0 Å². The normalized spacial score (nSPS) is 11.1. The lowest BCUT2D eigenvalue weighted by Crippen LogP contribution is -2.27. The summed E-state index contributed by atoms with van der Waals surface area (Å²) < 4.78 is 7.39. The Morgan fingerprint density at radius 1 is 1.22 bits per heavy atom. The van der Waals surface area contributed by atoms with Gasteiger partial charge in [-0.25, -0.2) is 4.79 Å². The van der Waals surface area contributed by atoms with Crippen molar-refractivity contribution in [3.8, 4) is 0 Å². The van der Waals surface area contributed by atoms with Crippen LogP contribution in [-0.2, 0) is 17.8 Å².